The van der Waals surface area contributed by atoms with Gasteiger partial charge in [-0.3, -0.25) is 14.4 Å². The van der Waals surface area contributed by atoms with Gasteiger partial charge in [-0.15, -0.1) is 0 Å². The second-order valence-corrected chi connectivity index (χ2v) is 11.8. The van der Waals surface area contributed by atoms with Crippen LogP contribution < -0.4 is 0 Å². The number of Topliss-reactive ketones (excluding diaryl/α,β-unsaturated/α-hetero) is 3. The summed E-state index contributed by atoms with van der Waals surface area (Å²) in [5.74, 6) is 6.39. The average Bonchev–Trinajstić information content (AvgIpc) is 2.71. The van der Waals surface area contributed by atoms with Gasteiger partial charge < -0.3 is 0 Å². The molecular weight excluding hydrogens is 432 g/mol. The molecule has 0 aliphatic carbocycles. The van der Waals surface area contributed by atoms with E-state index in [9.17, 15) is 14.4 Å². The molecule has 30 heavy (non-hydrogen) atoms. The Morgan fingerprint density at radius 2 is 0.833 bits per heavy atom. The normalized spacial score (nSPS) is 11.6. The minimum absolute atomic E-state index is 0.210. The molecule has 6 heteroatoms. The molecule has 0 aliphatic rings. The van der Waals surface area contributed by atoms with E-state index in [1.165, 1.54) is 0 Å². The number of rotatable bonds is 22. The Morgan fingerprint density at radius 3 is 1.07 bits per heavy atom. The third kappa shape index (κ3) is 15.8. The van der Waals surface area contributed by atoms with Crippen molar-refractivity contribution >= 4 is 52.6 Å². The highest BCUT2D eigenvalue weighted by molar-refractivity contribution is 7.99. The van der Waals surface area contributed by atoms with E-state index in [0.29, 0.717) is 44.9 Å². The summed E-state index contributed by atoms with van der Waals surface area (Å²) >= 11 is 5.44. The van der Waals surface area contributed by atoms with E-state index >= 15 is 0 Å². The molecule has 0 aliphatic heterocycles. The minimum atomic E-state index is -0.481. The number of ketones is 3. The monoisotopic (exact) mass is 476 g/mol. The summed E-state index contributed by atoms with van der Waals surface area (Å²) in [6.45, 7) is 8.47. The zero-order valence-corrected chi connectivity index (χ0v) is 22.2. The third-order valence-electron chi connectivity index (χ3n) is 5.09. The Balaban J connectivity index is 4.92. The summed E-state index contributed by atoms with van der Waals surface area (Å²) in [5, 5.41) is 0. The number of hydrogen-bond acceptors (Lipinski definition) is 6. The van der Waals surface area contributed by atoms with Crippen molar-refractivity contribution in [2.45, 2.75) is 91.9 Å². The SMILES string of the molecule is CCCSCCC(=O)CC(CC)(CC(=O)CCSCCC)CC(=O)CCSCCC. The molecule has 0 spiro atoms. The molecule has 0 unspecified atom stereocenters. The van der Waals surface area contributed by atoms with Crippen LogP contribution in [0.1, 0.15) is 91.9 Å². The molecule has 0 amide bonds. The van der Waals surface area contributed by atoms with Crippen molar-refractivity contribution in [2.24, 2.45) is 5.41 Å². The molecule has 0 heterocycles. The quantitative estimate of drug-likeness (QED) is 0.159. The fourth-order valence-corrected chi connectivity index (χ4v) is 5.97. The van der Waals surface area contributed by atoms with Gasteiger partial charge in [-0.25, -0.2) is 0 Å². The molecule has 0 saturated heterocycles. The summed E-state index contributed by atoms with van der Waals surface area (Å²) in [7, 11) is 0. The maximum atomic E-state index is 12.7. The summed E-state index contributed by atoms with van der Waals surface area (Å²) in [6, 6.07) is 0. The van der Waals surface area contributed by atoms with E-state index in [2.05, 4.69) is 20.8 Å². The highest BCUT2D eigenvalue weighted by Crippen LogP contribution is 2.37. The van der Waals surface area contributed by atoms with Crippen LogP contribution in [0, 0.1) is 5.41 Å². The molecule has 0 atom stereocenters. The predicted octanol–water partition coefficient (Wildman–Crippen LogP) is 6.86. The van der Waals surface area contributed by atoms with Crippen LogP contribution in [-0.2, 0) is 14.4 Å². The standard InChI is InChI=1S/C24H44O3S3/c1-5-12-28-15-9-21(25)18-24(8-4,19-22(26)10-16-29-13-6-2)20-23(27)11-17-30-14-7-3/h5-20H2,1-4H3. The summed E-state index contributed by atoms with van der Waals surface area (Å²) in [6.07, 6.45) is 6.83. The third-order valence-corrected chi connectivity index (χ3v) is 8.66. The Morgan fingerprint density at radius 1 is 0.533 bits per heavy atom. The van der Waals surface area contributed by atoms with Crippen LogP contribution in [0.4, 0.5) is 0 Å². The van der Waals surface area contributed by atoms with Crippen molar-refractivity contribution in [3.8, 4) is 0 Å². The summed E-state index contributed by atoms with van der Waals surface area (Å²) in [4.78, 5) is 38.1. The molecule has 0 aromatic carbocycles. The van der Waals surface area contributed by atoms with Crippen LogP contribution in [0.15, 0.2) is 0 Å². The molecule has 3 nitrogen and oxygen atoms in total. The Hall–Kier alpha value is 0.0600. The Bertz CT molecular complexity index is 416. The van der Waals surface area contributed by atoms with Gasteiger partial charge in [0.1, 0.15) is 17.3 Å². The fourth-order valence-electron chi connectivity index (χ4n) is 3.38. The molecule has 0 fully saturated rings. The minimum Gasteiger partial charge on any atom is -0.300 e. The zero-order valence-electron chi connectivity index (χ0n) is 19.8. The van der Waals surface area contributed by atoms with Gasteiger partial charge in [-0.05, 0) is 48.4 Å². The Labute approximate surface area is 198 Å². The van der Waals surface area contributed by atoms with Crippen LogP contribution in [0.3, 0.4) is 0 Å². The lowest BCUT2D eigenvalue weighted by atomic mass is 9.71. The molecule has 0 radical (unpaired) electrons. The second kappa shape index (κ2) is 19.7. The maximum Gasteiger partial charge on any atom is 0.134 e. The van der Waals surface area contributed by atoms with Crippen molar-refractivity contribution in [1.82, 2.24) is 0 Å². The van der Waals surface area contributed by atoms with Crippen molar-refractivity contribution in [3.05, 3.63) is 0 Å². The van der Waals surface area contributed by atoms with E-state index in [1.807, 2.05) is 42.2 Å². The van der Waals surface area contributed by atoms with Gasteiger partial charge in [0.05, 0.1) is 0 Å². The number of thioether (sulfide) groups is 3. The first-order valence-electron chi connectivity index (χ1n) is 11.7. The smallest absolute Gasteiger partial charge is 0.134 e. The molecule has 0 aromatic heterocycles. The Kier molecular flexibility index (Phi) is 19.8. The van der Waals surface area contributed by atoms with Gasteiger partial charge in [-0.1, -0.05) is 27.7 Å². The molecule has 0 aromatic rings. The van der Waals surface area contributed by atoms with Gasteiger partial charge in [0.15, 0.2) is 0 Å². The molecule has 0 rings (SSSR count). The van der Waals surface area contributed by atoms with Gasteiger partial charge in [0.2, 0.25) is 0 Å². The zero-order chi connectivity index (χ0) is 22.7. The van der Waals surface area contributed by atoms with Gasteiger partial charge >= 0.3 is 0 Å². The maximum absolute atomic E-state index is 12.7. The molecule has 0 N–H and O–H groups in total. The van der Waals surface area contributed by atoms with Crippen molar-refractivity contribution < 1.29 is 14.4 Å². The van der Waals surface area contributed by atoms with Crippen LogP contribution >= 0.6 is 35.3 Å². The van der Waals surface area contributed by atoms with Gasteiger partial charge in [0, 0.05) is 55.8 Å². The fraction of sp³-hybridized carbons (Fsp3) is 0.875. The van der Waals surface area contributed by atoms with E-state index in [-0.39, 0.29) is 17.3 Å². The van der Waals surface area contributed by atoms with Crippen molar-refractivity contribution in [2.75, 3.05) is 34.5 Å². The largest absolute Gasteiger partial charge is 0.300 e. The van der Waals surface area contributed by atoms with Crippen molar-refractivity contribution in [1.29, 1.82) is 0 Å². The first-order valence-corrected chi connectivity index (χ1v) is 15.2. The lowest BCUT2D eigenvalue weighted by Crippen LogP contribution is -2.30. The lowest BCUT2D eigenvalue weighted by molar-refractivity contribution is -0.127. The first kappa shape index (κ1) is 30.1. The molecule has 176 valence electrons. The number of carbonyl (C=O) groups is 3. The van der Waals surface area contributed by atoms with E-state index in [1.54, 1.807) is 0 Å². The average molecular weight is 477 g/mol. The van der Waals surface area contributed by atoms with E-state index in [4.69, 9.17) is 0 Å². The summed E-state index contributed by atoms with van der Waals surface area (Å²) in [5.41, 5.74) is -0.481. The van der Waals surface area contributed by atoms with E-state index in [0.717, 1.165) is 53.8 Å². The van der Waals surface area contributed by atoms with Gasteiger partial charge in [-0.2, -0.15) is 35.3 Å². The van der Waals surface area contributed by atoms with Crippen LogP contribution in [0.2, 0.25) is 0 Å². The molecule has 0 bridgehead atoms. The van der Waals surface area contributed by atoms with Crippen LogP contribution in [-0.4, -0.2) is 51.9 Å². The highest BCUT2D eigenvalue weighted by Gasteiger charge is 2.35. The van der Waals surface area contributed by atoms with E-state index < -0.39 is 5.41 Å². The number of hydrogen-bond donors (Lipinski definition) is 0. The second-order valence-electron chi connectivity index (χ2n) is 8.09. The molecular formula is C24H44O3S3. The van der Waals surface area contributed by atoms with Gasteiger partial charge in [0.25, 0.3) is 0 Å². The lowest BCUT2D eigenvalue weighted by Gasteiger charge is -2.31. The van der Waals surface area contributed by atoms with Crippen LogP contribution in [0.5, 0.6) is 0 Å². The van der Waals surface area contributed by atoms with Crippen LogP contribution in [0.25, 0.3) is 0 Å². The molecule has 0 saturated carbocycles. The summed E-state index contributed by atoms with van der Waals surface area (Å²) < 4.78 is 0. The highest BCUT2D eigenvalue weighted by atomic mass is 32.2. The topological polar surface area (TPSA) is 51.2 Å². The first-order chi connectivity index (χ1) is 14.4. The predicted molar refractivity (Wildman–Crippen MR) is 138 cm³/mol. The van der Waals surface area contributed by atoms with Crippen molar-refractivity contribution in [3.63, 3.8) is 0 Å². The number of carbonyl (C=O) groups excluding carboxylic acids is 3.